The quantitative estimate of drug-likeness (QED) is 0.820. The molecule has 0 saturated heterocycles. The van der Waals surface area contributed by atoms with E-state index in [1.54, 1.807) is 11.8 Å². The average molecular weight is 343 g/mol. The van der Waals surface area contributed by atoms with Gasteiger partial charge in [0.05, 0.1) is 11.4 Å². The number of rotatable bonds is 6. The van der Waals surface area contributed by atoms with Crippen LogP contribution in [0.2, 0.25) is 0 Å². The van der Waals surface area contributed by atoms with Gasteiger partial charge in [0.1, 0.15) is 0 Å². The number of nitrogens with one attached hydrogen (secondary N) is 1. The van der Waals surface area contributed by atoms with E-state index in [9.17, 15) is 4.79 Å². The van der Waals surface area contributed by atoms with E-state index >= 15 is 0 Å². The molecule has 1 aliphatic rings. The molecule has 0 saturated carbocycles. The number of amides is 1. The lowest BCUT2D eigenvalue weighted by Crippen LogP contribution is -2.27. The lowest BCUT2D eigenvalue weighted by Gasteiger charge is -2.07. The number of carbonyl (C=O) groups excluding carboxylic acids is 1. The van der Waals surface area contributed by atoms with Gasteiger partial charge in [-0.25, -0.2) is 0 Å². The number of aromatic nitrogens is 2. The van der Waals surface area contributed by atoms with Crippen molar-refractivity contribution in [2.45, 2.75) is 44.4 Å². The maximum absolute atomic E-state index is 12.1. The summed E-state index contributed by atoms with van der Waals surface area (Å²) >= 11 is 1.62. The predicted molar refractivity (Wildman–Crippen MR) is 98.6 cm³/mol. The Morgan fingerprint density at radius 2 is 2.08 bits per heavy atom. The third-order valence-corrected chi connectivity index (χ3v) is 5.79. The summed E-state index contributed by atoms with van der Waals surface area (Å²) in [7, 11) is 1.96. The fraction of sp³-hybridized carbons (Fsp3) is 0.474. The first kappa shape index (κ1) is 17.1. The number of hydrogen-bond acceptors (Lipinski definition) is 3. The number of benzene rings is 1. The first-order valence-corrected chi connectivity index (χ1v) is 9.53. The highest BCUT2D eigenvalue weighted by atomic mass is 32.2. The van der Waals surface area contributed by atoms with Gasteiger partial charge >= 0.3 is 0 Å². The second-order valence-corrected chi connectivity index (χ2v) is 7.49. The van der Waals surface area contributed by atoms with Gasteiger partial charge < -0.3 is 5.32 Å². The van der Waals surface area contributed by atoms with Crippen LogP contribution in [-0.2, 0) is 31.1 Å². The summed E-state index contributed by atoms with van der Waals surface area (Å²) < 4.78 is 1.90. The second kappa shape index (κ2) is 7.43. The highest BCUT2D eigenvalue weighted by Crippen LogP contribution is 2.27. The van der Waals surface area contributed by atoms with Gasteiger partial charge in [0, 0.05) is 24.2 Å². The van der Waals surface area contributed by atoms with Gasteiger partial charge in [-0.2, -0.15) is 5.10 Å². The molecule has 1 heterocycles. The molecule has 0 radical (unpaired) electrons. The van der Waals surface area contributed by atoms with Crippen LogP contribution in [-0.4, -0.2) is 28.0 Å². The average Bonchev–Trinajstić information content (AvgIpc) is 3.12. The maximum atomic E-state index is 12.1. The molecule has 24 heavy (non-hydrogen) atoms. The lowest BCUT2D eigenvalue weighted by atomic mass is 10.1. The zero-order valence-electron chi connectivity index (χ0n) is 14.7. The van der Waals surface area contributed by atoms with Crippen molar-refractivity contribution in [2.24, 2.45) is 7.05 Å². The van der Waals surface area contributed by atoms with Crippen LogP contribution in [0.1, 0.15) is 34.5 Å². The van der Waals surface area contributed by atoms with Crippen molar-refractivity contribution >= 4 is 17.7 Å². The van der Waals surface area contributed by atoms with Crippen molar-refractivity contribution < 1.29 is 4.79 Å². The molecule has 0 aliphatic heterocycles. The van der Waals surface area contributed by atoms with E-state index in [0.717, 1.165) is 12.1 Å². The molecule has 5 heteroatoms. The smallest absolute Gasteiger partial charge is 0.230 e. The molecule has 4 nitrogen and oxygen atoms in total. The molecule has 1 aromatic heterocycles. The minimum absolute atomic E-state index is 0.0969. The van der Waals surface area contributed by atoms with Crippen LogP contribution in [0.3, 0.4) is 0 Å². The van der Waals surface area contributed by atoms with Gasteiger partial charge in [-0.05, 0) is 68.4 Å². The molecular weight excluding hydrogens is 318 g/mol. The van der Waals surface area contributed by atoms with E-state index in [0.29, 0.717) is 12.3 Å². The summed E-state index contributed by atoms with van der Waals surface area (Å²) in [5.41, 5.74) is 6.41. The third-order valence-electron chi connectivity index (χ3n) is 4.80. The maximum Gasteiger partial charge on any atom is 0.230 e. The summed E-state index contributed by atoms with van der Waals surface area (Å²) in [6, 6.07) is 6.61. The Balaban J connectivity index is 1.44. The van der Waals surface area contributed by atoms with E-state index in [1.807, 2.05) is 18.7 Å². The fourth-order valence-corrected chi connectivity index (χ4v) is 4.13. The van der Waals surface area contributed by atoms with Gasteiger partial charge in [-0.15, -0.1) is 11.8 Å². The molecule has 0 bridgehead atoms. The van der Waals surface area contributed by atoms with Crippen LogP contribution in [0.5, 0.6) is 0 Å². The molecule has 0 atom stereocenters. The first-order valence-electron chi connectivity index (χ1n) is 8.55. The van der Waals surface area contributed by atoms with E-state index < -0.39 is 0 Å². The summed E-state index contributed by atoms with van der Waals surface area (Å²) in [5, 5.41) is 7.43. The molecule has 0 fully saturated rings. The number of thioether (sulfide) groups is 1. The van der Waals surface area contributed by atoms with E-state index in [2.05, 4.69) is 35.5 Å². The predicted octanol–water partition coefficient (Wildman–Crippen LogP) is 2.98. The first-order chi connectivity index (χ1) is 11.5. The van der Waals surface area contributed by atoms with Gasteiger partial charge in [0.2, 0.25) is 5.91 Å². The normalized spacial score (nSPS) is 13.1. The highest BCUT2D eigenvalue weighted by Gasteiger charge is 2.12. The van der Waals surface area contributed by atoms with Crippen molar-refractivity contribution in [2.75, 3.05) is 12.3 Å². The topological polar surface area (TPSA) is 46.9 Å². The van der Waals surface area contributed by atoms with Gasteiger partial charge in [-0.1, -0.05) is 6.07 Å². The van der Waals surface area contributed by atoms with Crippen molar-refractivity contribution in [3.05, 3.63) is 46.3 Å². The fourth-order valence-electron chi connectivity index (χ4n) is 3.34. The van der Waals surface area contributed by atoms with Crippen LogP contribution in [0.25, 0.3) is 0 Å². The number of nitrogens with zero attached hydrogens (tertiary/aromatic N) is 2. The number of hydrogen-bond donors (Lipinski definition) is 1. The number of fused-ring (bicyclic) bond motifs is 1. The largest absolute Gasteiger partial charge is 0.355 e. The zero-order chi connectivity index (χ0) is 17.1. The molecule has 0 spiro atoms. The molecule has 3 rings (SSSR count). The molecule has 1 aliphatic carbocycles. The monoisotopic (exact) mass is 343 g/mol. The minimum Gasteiger partial charge on any atom is -0.355 e. The molecule has 2 aromatic rings. The summed E-state index contributed by atoms with van der Waals surface area (Å²) in [6.45, 7) is 4.76. The number of aryl methyl sites for hydroxylation is 4. The van der Waals surface area contributed by atoms with E-state index in [-0.39, 0.29) is 5.91 Å². The van der Waals surface area contributed by atoms with Crippen molar-refractivity contribution in [3.8, 4) is 0 Å². The van der Waals surface area contributed by atoms with Crippen LogP contribution in [0.4, 0.5) is 0 Å². The molecule has 1 amide bonds. The second-order valence-electron chi connectivity index (χ2n) is 6.45. The molecule has 1 N–H and O–H groups in total. The molecule has 0 unspecified atom stereocenters. The summed E-state index contributed by atoms with van der Waals surface area (Å²) in [4.78, 5) is 13.3. The van der Waals surface area contributed by atoms with Gasteiger partial charge in [-0.3, -0.25) is 9.48 Å². The standard InChI is InChI=1S/C19H25N3OS/c1-13-18(14(2)22(3)21-13)9-10-20-19(23)12-24-17-8-7-15-5-4-6-16(15)11-17/h7-8,11H,4-6,9-10,12H2,1-3H3,(H,20,23). The third kappa shape index (κ3) is 3.83. The Labute approximate surface area is 148 Å². The summed E-state index contributed by atoms with van der Waals surface area (Å²) in [5.74, 6) is 0.573. The Hall–Kier alpha value is -1.75. The lowest BCUT2D eigenvalue weighted by molar-refractivity contribution is -0.118. The van der Waals surface area contributed by atoms with Crippen molar-refractivity contribution in [1.29, 1.82) is 0 Å². The SMILES string of the molecule is Cc1nn(C)c(C)c1CCNC(=O)CSc1ccc2c(c1)CCC2. The van der Waals surface area contributed by atoms with Gasteiger partial charge in [0.15, 0.2) is 0 Å². The summed E-state index contributed by atoms with van der Waals surface area (Å²) in [6.07, 6.45) is 4.48. The Kier molecular flexibility index (Phi) is 5.29. The Bertz CT molecular complexity index is 751. The Morgan fingerprint density at radius 1 is 1.29 bits per heavy atom. The number of carbonyl (C=O) groups is 1. The van der Waals surface area contributed by atoms with Crippen LogP contribution < -0.4 is 5.32 Å². The molecule has 1 aromatic carbocycles. The van der Waals surface area contributed by atoms with Crippen molar-refractivity contribution in [3.63, 3.8) is 0 Å². The van der Waals surface area contributed by atoms with Crippen LogP contribution in [0, 0.1) is 13.8 Å². The van der Waals surface area contributed by atoms with Crippen molar-refractivity contribution in [1.82, 2.24) is 15.1 Å². The van der Waals surface area contributed by atoms with E-state index in [1.165, 1.54) is 46.5 Å². The molecule has 128 valence electrons. The van der Waals surface area contributed by atoms with Crippen LogP contribution in [0.15, 0.2) is 23.1 Å². The zero-order valence-corrected chi connectivity index (χ0v) is 15.5. The Morgan fingerprint density at radius 3 is 2.83 bits per heavy atom. The highest BCUT2D eigenvalue weighted by molar-refractivity contribution is 8.00. The van der Waals surface area contributed by atoms with Crippen LogP contribution >= 0.6 is 11.8 Å². The van der Waals surface area contributed by atoms with E-state index in [4.69, 9.17) is 0 Å². The minimum atomic E-state index is 0.0969. The molecular formula is C19H25N3OS. The van der Waals surface area contributed by atoms with Gasteiger partial charge in [0.25, 0.3) is 0 Å².